The van der Waals surface area contributed by atoms with Crippen LogP contribution in [0.15, 0.2) is 69.4 Å². The van der Waals surface area contributed by atoms with Crippen LogP contribution in [0.2, 0.25) is 0 Å². The van der Waals surface area contributed by atoms with Gasteiger partial charge in [0.15, 0.2) is 0 Å². The normalized spacial score (nSPS) is 14.0. The Morgan fingerprint density at radius 3 is 2.59 bits per heavy atom. The Bertz CT molecular complexity index is 988. The molecule has 5 heteroatoms. The molecule has 1 aliphatic rings. The number of hydrogen-bond acceptors (Lipinski definition) is 3. The summed E-state index contributed by atoms with van der Waals surface area (Å²) >= 11 is 4.19. The number of allylic oxidation sites excluding steroid dienone is 4. The van der Waals surface area contributed by atoms with Crippen molar-refractivity contribution in [1.82, 2.24) is 15.0 Å². The van der Waals surface area contributed by atoms with E-state index in [1.54, 1.807) is 11.8 Å². The van der Waals surface area contributed by atoms with Gasteiger partial charge >= 0.3 is 0 Å². The average molecular weight is 485 g/mol. The van der Waals surface area contributed by atoms with Crippen LogP contribution in [-0.2, 0) is 6.42 Å². The minimum atomic E-state index is 0.792. The Hall–Kier alpha value is -1.86. The molecular formula is C22H20IN3S. The van der Waals surface area contributed by atoms with Crippen molar-refractivity contribution in [1.29, 1.82) is 0 Å². The summed E-state index contributed by atoms with van der Waals surface area (Å²) in [5, 5.41) is 0. The molecule has 1 aromatic carbocycles. The van der Waals surface area contributed by atoms with Crippen molar-refractivity contribution in [2.24, 2.45) is 0 Å². The van der Waals surface area contributed by atoms with Crippen molar-refractivity contribution in [3.63, 3.8) is 0 Å². The molecule has 1 aliphatic carbocycles. The van der Waals surface area contributed by atoms with Gasteiger partial charge in [-0.3, -0.25) is 4.98 Å². The second-order valence-electron chi connectivity index (χ2n) is 6.46. The zero-order chi connectivity index (χ0) is 18.6. The minimum absolute atomic E-state index is 0.792. The number of rotatable bonds is 5. The van der Waals surface area contributed by atoms with Gasteiger partial charge in [-0.05, 0) is 86.7 Å². The number of halogens is 1. The molecule has 4 rings (SSSR count). The lowest BCUT2D eigenvalue weighted by molar-refractivity contribution is 1.01. The molecule has 0 spiro atoms. The van der Waals surface area contributed by atoms with Gasteiger partial charge in [-0.15, -0.1) is 11.8 Å². The van der Waals surface area contributed by atoms with Gasteiger partial charge in [0.2, 0.25) is 0 Å². The number of imidazole rings is 1. The summed E-state index contributed by atoms with van der Waals surface area (Å²) in [5.74, 6) is 0.989. The van der Waals surface area contributed by atoms with Crippen LogP contribution in [0.1, 0.15) is 29.9 Å². The molecule has 0 radical (unpaired) electrons. The molecule has 136 valence electrons. The van der Waals surface area contributed by atoms with E-state index >= 15 is 0 Å². The highest BCUT2D eigenvalue weighted by atomic mass is 127. The lowest BCUT2D eigenvalue weighted by Crippen LogP contribution is -1.93. The number of aromatic amines is 1. The number of nitrogens with zero attached hydrogens (tertiary/aromatic N) is 2. The van der Waals surface area contributed by atoms with Gasteiger partial charge in [0, 0.05) is 29.3 Å². The first-order valence-electron chi connectivity index (χ1n) is 8.92. The highest BCUT2D eigenvalue weighted by Gasteiger charge is 2.17. The smallest absolute Gasteiger partial charge is 0.111 e. The van der Waals surface area contributed by atoms with Gasteiger partial charge < -0.3 is 4.98 Å². The Kier molecular flexibility index (Phi) is 5.78. The molecule has 0 atom stereocenters. The fraction of sp³-hybridized carbons (Fsp3) is 0.182. The van der Waals surface area contributed by atoms with E-state index in [2.05, 4.69) is 75.2 Å². The highest BCUT2D eigenvalue weighted by molar-refractivity contribution is 14.1. The lowest BCUT2D eigenvalue weighted by Gasteiger charge is -2.10. The first kappa shape index (κ1) is 18.5. The van der Waals surface area contributed by atoms with Gasteiger partial charge in [0.1, 0.15) is 5.82 Å². The third-order valence-corrected chi connectivity index (χ3v) is 6.18. The third-order valence-electron chi connectivity index (χ3n) is 4.59. The summed E-state index contributed by atoms with van der Waals surface area (Å²) in [5.41, 5.74) is 5.69. The molecule has 1 N–H and O–H groups in total. The number of hydrogen-bond donors (Lipinski definition) is 1. The van der Waals surface area contributed by atoms with Crippen molar-refractivity contribution in [2.45, 2.75) is 24.2 Å². The van der Waals surface area contributed by atoms with Crippen LogP contribution in [-0.4, -0.2) is 21.2 Å². The predicted molar refractivity (Wildman–Crippen MR) is 122 cm³/mol. The molecule has 0 fully saturated rings. The average Bonchev–Trinajstić information content (AvgIpc) is 3.13. The zero-order valence-electron chi connectivity index (χ0n) is 15.1. The van der Waals surface area contributed by atoms with Crippen molar-refractivity contribution in [3.8, 4) is 11.3 Å². The van der Waals surface area contributed by atoms with Gasteiger partial charge in [-0.25, -0.2) is 4.98 Å². The molecule has 0 bridgehead atoms. The maximum absolute atomic E-state index is 4.96. The van der Waals surface area contributed by atoms with E-state index in [1.807, 2.05) is 24.5 Å². The summed E-state index contributed by atoms with van der Waals surface area (Å²) in [7, 11) is 0. The van der Waals surface area contributed by atoms with E-state index in [-0.39, 0.29) is 0 Å². The van der Waals surface area contributed by atoms with Gasteiger partial charge in [0.05, 0.1) is 11.4 Å². The van der Waals surface area contributed by atoms with Crippen molar-refractivity contribution >= 4 is 39.9 Å². The molecule has 0 saturated heterocycles. The Labute approximate surface area is 177 Å². The van der Waals surface area contributed by atoms with E-state index < -0.39 is 0 Å². The fourth-order valence-corrected chi connectivity index (χ4v) is 4.27. The van der Waals surface area contributed by atoms with E-state index in [0.29, 0.717) is 0 Å². The Morgan fingerprint density at radius 1 is 1.11 bits per heavy atom. The van der Waals surface area contributed by atoms with Crippen LogP contribution < -0.4 is 0 Å². The SMILES string of the molecule is CSc1ccc(Cc2nc(-c3ccncc3)c(C3=CCCC(I)=C3)[nH]2)cc1. The quantitative estimate of drug-likeness (QED) is 0.342. The first-order chi connectivity index (χ1) is 13.2. The predicted octanol–water partition coefficient (Wildman–Crippen LogP) is 6.28. The van der Waals surface area contributed by atoms with Crippen molar-refractivity contribution in [3.05, 3.63) is 81.6 Å². The monoisotopic (exact) mass is 485 g/mol. The molecule has 3 aromatic rings. The lowest BCUT2D eigenvalue weighted by atomic mass is 10.0. The van der Waals surface area contributed by atoms with Crippen molar-refractivity contribution < 1.29 is 0 Å². The molecule has 0 unspecified atom stereocenters. The third kappa shape index (κ3) is 4.35. The molecule has 27 heavy (non-hydrogen) atoms. The molecule has 3 nitrogen and oxygen atoms in total. The maximum Gasteiger partial charge on any atom is 0.111 e. The van der Waals surface area contributed by atoms with E-state index in [4.69, 9.17) is 4.98 Å². The van der Waals surface area contributed by atoms with Crippen molar-refractivity contribution in [2.75, 3.05) is 6.26 Å². The zero-order valence-corrected chi connectivity index (χ0v) is 18.0. The highest BCUT2D eigenvalue weighted by Crippen LogP contribution is 2.33. The fourth-order valence-electron chi connectivity index (χ4n) is 3.21. The molecule has 0 saturated carbocycles. The second kappa shape index (κ2) is 8.44. The molecular weight excluding hydrogens is 465 g/mol. The first-order valence-corrected chi connectivity index (χ1v) is 11.2. The number of benzene rings is 1. The van der Waals surface area contributed by atoms with E-state index in [1.165, 1.54) is 19.6 Å². The van der Waals surface area contributed by atoms with E-state index in [0.717, 1.165) is 42.0 Å². The standard InChI is InChI=1S/C22H20IN3S/c1-27-19-7-5-15(6-8-19)13-20-25-21(16-9-11-24-12-10-16)22(26-20)17-3-2-4-18(23)14-17/h3,5-12,14H,2,4,13H2,1H3,(H,25,26). The summed E-state index contributed by atoms with van der Waals surface area (Å²) in [4.78, 5) is 14.0. The van der Waals surface area contributed by atoms with E-state index in [9.17, 15) is 0 Å². The van der Waals surface area contributed by atoms with Gasteiger partial charge in [-0.1, -0.05) is 18.2 Å². The Morgan fingerprint density at radius 2 is 1.89 bits per heavy atom. The number of aromatic nitrogens is 3. The Balaban J connectivity index is 1.72. The topological polar surface area (TPSA) is 41.6 Å². The molecule has 0 aliphatic heterocycles. The van der Waals surface area contributed by atoms with Crippen LogP contribution >= 0.6 is 34.4 Å². The molecule has 2 heterocycles. The summed E-state index contributed by atoms with van der Waals surface area (Å²) in [6, 6.07) is 12.8. The second-order valence-corrected chi connectivity index (χ2v) is 8.72. The van der Waals surface area contributed by atoms with Gasteiger partial charge in [-0.2, -0.15) is 0 Å². The summed E-state index contributed by atoms with van der Waals surface area (Å²) < 4.78 is 1.38. The van der Waals surface area contributed by atoms with Crippen LogP contribution in [0, 0.1) is 0 Å². The number of H-pyrrole nitrogens is 1. The largest absolute Gasteiger partial charge is 0.341 e. The maximum atomic E-state index is 4.96. The van der Waals surface area contributed by atoms with Crippen LogP contribution in [0.4, 0.5) is 0 Å². The number of thioether (sulfide) groups is 1. The van der Waals surface area contributed by atoms with Crippen LogP contribution in [0.3, 0.4) is 0 Å². The van der Waals surface area contributed by atoms with Crippen LogP contribution in [0.5, 0.6) is 0 Å². The number of nitrogens with one attached hydrogen (secondary N) is 1. The van der Waals surface area contributed by atoms with Crippen LogP contribution in [0.25, 0.3) is 16.8 Å². The summed E-state index contributed by atoms with van der Waals surface area (Å²) in [6.07, 6.45) is 13.3. The summed E-state index contributed by atoms with van der Waals surface area (Å²) in [6.45, 7) is 0. The molecule has 2 aromatic heterocycles. The molecule has 0 amide bonds. The van der Waals surface area contributed by atoms with Gasteiger partial charge in [0.25, 0.3) is 0 Å². The minimum Gasteiger partial charge on any atom is -0.341 e. The number of pyridine rings is 1.